The lowest BCUT2D eigenvalue weighted by Crippen LogP contribution is -2.15. The molecule has 0 aromatic carbocycles. The van der Waals surface area contributed by atoms with Gasteiger partial charge in [-0.25, -0.2) is 0 Å². The van der Waals surface area contributed by atoms with Gasteiger partial charge < -0.3 is 4.79 Å². The number of hydrogen-bond acceptors (Lipinski definition) is 1. The van der Waals surface area contributed by atoms with Gasteiger partial charge in [0.1, 0.15) is 6.29 Å². The second kappa shape index (κ2) is 3.70. The van der Waals surface area contributed by atoms with Crippen LogP contribution in [-0.4, -0.2) is 6.29 Å². The van der Waals surface area contributed by atoms with Gasteiger partial charge in [-0.1, -0.05) is 18.6 Å². The number of rotatable bonds is 2. The molecule has 1 nitrogen and oxygen atoms in total. The molecule has 1 aliphatic rings. The highest BCUT2D eigenvalue weighted by Crippen LogP contribution is 2.28. The third-order valence-corrected chi connectivity index (χ3v) is 2.57. The Labute approximate surface area is 68.5 Å². The van der Waals surface area contributed by atoms with Gasteiger partial charge in [0.05, 0.1) is 0 Å². The summed E-state index contributed by atoms with van der Waals surface area (Å²) in [5.41, 5.74) is 1.45. The van der Waals surface area contributed by atoms with E-state index >= 15 is 0 Å². The van der Waals surface area contributed by atoms with Crippen LogP contribution in [0.1, 0.15) is 33.1 Å². The molecule has 0 N–H and O–H groups in total. The lowest BCUT2D eigenvalue weighted by atomic mass is 9.82. The third kappa shape index (κ3) is 2.18. The van der Waals surface area contributed by atoms with Crippen molar-refractivity contribution < 1.29 is 4.79 Å². The summed E-state index contributed by atoms with van der Waals surface area (Å²) in [6.07, 6.45) is 6.85. The van der Waals surface area contributed by atoms with Gasteiger partial charge in [-0.05, 0) is 32.1 Å². The Morgan fingerprint density at radius 2 is 2.45 bits per heavy atom. The first kappa shape index (κ1) is 8.51. The first-order chi connectivity index (χ1) is 5.24. The van der Waals surface area contributed by atoms with Crippen LogP contribution in [0.4, 0.5) is 0 Å². The lowest BCUT2D eigenvalue weighted by Gasteiger charge is -2.23. The van der Waals surface area contributed by atoms with E-state index in [9.17, 15) is 4.79 Å². The number of hydrogen-bond donors (Lipinski definition) is 0. The maximum Gasteiger partial charge on any atom is 0.123 e. The minimum atomic E-state index is 0.249. The summed E-state index contributed by atoms with van der Waals surface area (Å²) in [7, 11) is 0. The van der Waals surface area contributed by atoms with Crippen LogP contribution < -0.4 is 0 Å². The van der Waals surface area contributed by atoms with E-state index < -0.39 is 0 Å². The summed E-state index contributed by atoms with van der Waals surface area (Å²) < 4.78 is 0. The van der Waals surface area contributed by atoms with Crippen molar-refractivity contribution in [2.45, 2.75) is 33.1 Å². The zero-order valence-corrected chi connectivity index (χ0v) is 7.34. The maximum atomic E-state index is 10.5. The standard InChI is InChI=1S/C10H16O/c1-8-4-3-5-10(6-8)9(2)7-11/h4,7,9-10H,3,5-6H2,1-2H3. The molecule has 0 aliphatic heterocycles. The van der Waals surface area contributed by atoms with Crippen molar-refractivity contribution in [1.29, 1.82) is 0 Å². The molecule has 1 aliphatic carbocycles. The van der Waals surface area contributed by atoms with E-state index in [1.807, 2.05) is 6.92 Å². The molecule has 2 atom stereocenters. The van der Waals surface area contributed by atoms with Crippen LogP contribution in [0.5, 0.6) is 0 Å². The molecule has 11 heavy (non-hydrogen) atoms. The minimum Gasteiger partial charge on any atom is -0.303 e. The van der Waals surface area contributed by atoms with E-state index in [-0.39, 0.29) is 5.92 Å². The van der Waals surface area contributed by atoms with E-state index in [1.165, 1.54) is 12.0 Å². The van der Waals surface area contributed by atoms with Crippen LogP contribution >= 0.6 is 0 Å². The topological polar surface area (TPSA) is 17.1 Å². The number of carbonyl (C=O) groups excluding carboxylic acids is 1. The second-order valence-corrected chi connectivity index (χ2v) is 3.59. The van der Waals surface area contributed by atoms with Crippen molar-refractivity contribution in [2.24, 2.45) is 11.8 Å². The molecule has 0 radical (unpaired) electrons. The molecule has 0 saturated carbocycles. The molecular formula is C10H16O. The van der Waals surface area contributed by atoms with Gasteiger partial charge in [0.25, 0.3) is 0 Å². The quantitative estimate of drug-likeness (QED) is 0.439. The minimum absolute atomic E-state index is 0.249. The zero-order chi connectivity index (χ0) is 8.27. The highest BCUT2D eigenvalue weighted by atomic mass is 16.1. The van der Waals surface area contributed by atoms with E-state index in [4.69, 9.17) is 0 Å². The lowest BCUT2D eigenvalue weighted by molar-refractivity contribution is -0.112. The van der Waals surface area contributed by atoms with Crippen molar-refractivity contribution in [3.63, 3.8) is 0 Å². The molecular weight excluding hydrogens is 136 g/mol. The van der Waals surface area contributed by atoms with Crippen LogP contribution in [-0.2, 0) is 4.79 Å². The Balaban J connectivity index is 2.49. The number of allylic oxidation sites excluding steroid dienone is 2. The summed E-state index contributed by atoms with van der Waals surface area (Å²) in [4.78, 5) is 10.5. The Hall–Kier alpha value is -0.590. The summed E-state index contributed by atoms with van der Waals surface area (Å²) in [6, 6.07) is 0. The second-order valence-electron chi connectivity index (χ2n) is 3.59. The molecule has 0 amide bonds. The molecule has 0 heterocycles. The van der Waals surface area contributed by atoms with Gasteiger partial charge >= 0.3 is 0 Å². The smallest absolute Gasteiger partial charge is 0.123 e. The summed E-state index contributed by atoms with van der Waals surface area (Å²) in [5, 5.41) is 0. The Morgan fingerprint density at radius 1 is 1.73 bits per heavy atom. The van der Waals surface area contributed by atoms with Gasteiger partial charge in [-0.2, -0.15) is 0 Å². The van der Waals surface area contributed by atoms with Crippen molar-refractivity contribution in [3.05, 3.63) is 11.6 Å². The molecule has 0 aromatic heterocycles. The fraction of sp³-hybridized carbons (Fsp3) is 0.700. The Morgan fingerprint density at radius 3 is 3.00 bits per heavy atom. The average Bonchev–Trinajstić information content (AvgIpc) is 2.03. The van der Waals surface area contributed by atoms with Gasteiger partial charge in [0.2, 0.25) is 0 Å². The fourth-order valence-corrected chi connectivity index (χ4v) is 1.70. The van der Waals surface area contributed by atoms with E-state index in [0.717, 1.165) is 19.1 Å². The van der Waals surface area contributed by atoms with Crippen LogP contribution in [0.3, 0.4) is 0 Å². The third-order valence-electron chi connectivity index (χ3n) is 2.57. The maximum absolute atomic E-state index is 10.5. The SMILES string of the molecule is CC1=CCCC(C(C)C=O)C1. The largest absolute Gasteiger partial charge is 0.303 e. The highest BCUT2D eigenvalue weighted by Gasteiger charge is 2.18. The van der Waals surface area contributed by atoms with Crippen LogP contribution in [0.25, 0.3) is 0 Å². The van der Waals surface area contributed by atoms with Crippen LogP contribution in [0.15, 0.2) is 11.6 Å². The van der Waals surface area contributed by atoms with Gasteiger partial charge in [-0.3, -0.25) is 0 Å². The molecule has 0 bridgehead atoms. The molecule has 62 valence electrons. The molecule has 0 spiro atoms. The summed E-state index contributed by atoms with van der Waals surface area (Å²) >= 11 is 0. The van der Waals surface area contributed by atoms with Crippen molar-refractivity contribution in [3.8, 4) is 0 Å². The summed E-state index contributed by atoms with van der Waals surface area (Å²) in [6.45, 7) is 4.18. The van der Waals surface area contributed by atoms with E-state index in [2.05, 4.69) is 13.0 Å². The van der Waals surface area contributed by atoms with Gasteiger partial charge in [0, 0.05) is 5.92 Å². The van der Waals surface area contributed by atoms with Crippen molar-refractivity contribution in [2.75, 3.05) is 0 Å². The average molecular weight is 152 g/mol. The molecule has 0 saturated heterocycles. The first-order valence-electron chi connectivity index (χ1n) is 4.35. The first-order valence-corrected chi connectivity index (χ1v) is 4.35. The predicted octanol–water partition coefficient (Wildman–Crippen LogP) is 2.57. The van der Waals surface area contributed by atoms with Gasteiger partial charge in [0.15, 0.2) is 0 Å². The van der Waals surface area contributed by atoms with Crippen LogP contribution in [0, 0.1) is 11.8 Å². The number of aldehydes is 1. The van der Waals surface area contributed by atoms with Crippen molar-refractivity contribution >= 4 is 6.29 Å². The van der Waals surface area contributed by atoms with Crippen LogP contribution in [0.2, 0.25) is 0 Å². The van der Waals surface area contributed by atoms with Crippen molar-refractivity contribution in [1.82, 2.24) is 0 Å². The van der Waals surface area contributed by atoms with E-state index in [0.29, 0.717) is 5.92 Å². The monoisotopic (exact) mass is 152 g/mol. The summed E-state index contributed by atoms with van der Waals surface area (Å²) in [5.74, 6) is 0.858. The molecule has 0 aromatic rings. The Kier molecular flexibility index (Phi) is 2.86. The fourth-order valence-electron chi connectivity index (χ4n) is 1.70. The van der Waals surface area contributed by atoms with E-state index in [1.54, 1.807) is 0 Å². The Bertz CT molecular complexity index is 170. The predicted molar refractivity (Wildman–Crippen MR) is 46.3 cm³/mol. The normalized spacial score (nSPS) is 27.5. The molecule has 0 fully saturated rings. The highest BCUT2D eigenvalue weighted by molar-refractivity contribution is 5.53. The number of carbonyl (C=O) groups is 1. The zero-order valence-electron chi connectivity index (χ0n) is 7.34. The molecule has 1 rings (SSSR count). The van der Waals surface area contributed by atoms with Gasteiger partial charge in [-0.15, -0.1) is 0 Å². The molecule has 2 unspecified atom stereocenters. The molecule has 1 heteroatoms.